The molecule has 0 N–H and O–H groups in total. The van der Waals surface area contributed by atoms with Crippen molar-refractivity contribution in [2.75, 3.05) is 13.7 Å². The number of hydrogen-bond acceptors (Lipinski definition) is 3. The van der Waals surface area contributed by atoms with Gasteiger partial charge in [-0.1, -0.05) is 50.0 Å². The number of nitrogens with zero attached hydrogens (tertiary/aromatic N) is 2. The van der Waals surface area contributed by atoms with Crippen molar-refractivity contribution in [3.05, 3.63) is 60.9 Å². The summed E-state index contributed by atoms with van der Waals surface area (Å²) in [6.07, 6.45) is 3.89. The monoisotopic (exact) mass is 404 g/mol. The van der Waals surface area contributed by atoms with Gasteiger partial charge < -0.3 is 14.0 Å². The maximum atomic E-state index is 6.10. The third-order valence-corrected chi connectivity index (χ3v) is 6.98. The molecule has 0 radical (unpaired) electrons. The molecular weight excluding hydrogens is 376 g/mol. The molecule has 0 saturated heterocycles. The molecule has 0 bridgehead atoms. The molecule has 4 nitrogen and oxygen atoms in total. The first kappa shape index (κ1) is 19.7. The summed E-state index contributed by atoms with van der Waals surface area (Å²) >= 11 is 0. The maximum Gasteiger partial charge on any atom is 0.123 e. The Morgan fingerprint density at radius 1 is 0.966 bits per heavy atom. The molecule has 150 valence electrons. The highest BCUT2D eigenvalue weighted by Gasteiger charge is 2.16. The minimum Gasteiger partial charge on any atom is -0.497 e. The highest BCUT2D eigenvalue weighted by Crippen LogP contribution is 2.36. The minimum absolute atomic E-state index is 0.539. The number of fused-ring (bicyclic) bond motifs is 3. The number of methoxy groups -OCH3 is 1. The van der Waals surface area contributed by atoms with E-state index in [-0.39, 0.29) is 0 Å². The van der Waals surface area contributed by atoms with Crippen LogP contribution in [0.5, 0.6) is 5.75 Å². The van der Waals surface area contributed by atoms with Gasteiger partial charge >= 0.3 is 0 Å². The van der Waals surface area contributed by atoms with Gasteiger partial charge in [0, 0.05) is 37.2 Å². The average molecular weight is 405 g/mol. The molecule has 2 aromatic heterocycles. The fraction of sp³-hybridized carbons (Fsp3) is 0.292. The van der Waals surface area contributed by atoms with Crippen LogP contribution in [0.4, 0.5) is 0 Å². The predicted octanol–water partition coefficient (Wildman–Crippen LogP) is 6.18. The zero-order valence-electron chi connectivity index (χ0n) is 17.6. The fourth-order valence-corrected chi connectivity index (χ4v) is 4.43. The van der Waals surface area contributed by atoms with Crippen molar-refractivity contribution in [1.82, 2.24) is 9.55 Å². The molecule has 2 heterocycles. The van der Waals surface area contributed by atoms with Crippen LogP contribution in [-0.2, 0) is 11.5 Å². The number of rotatable bonds is 7. The van der Waals surface area contributed by atoms with E-state index in [2.05, 4.69) is 65.6 Å². The Kier molecular flexibility index (Phi) is 5.43. The van der Waals surface area contributed by atoms with E-state index in [4.69, 9.17) is 9.47 Å². The average Bonchev–Trinajstić information content (AvgIpc) is 3.04. The number of aromatic nitrogens is 2. The number of pyridine rings is 1. The van der Waals surface area contributed by atoms with Crippen LogP contribution in [0.2, 0.25) is 25.7 Å². The molecule has 0 aliphatic carbocycles. The first-order valence-corrected chi connectivity index (χ1v) is 13.8. The van der Waals surface area contributed by atoms with Gasteiger partial charge in [0.15, 0.2) is 0 Å². The molecule has 0 unspecified atom stereocenters. The zero-order chi connectivity index (χ0) is 20.4. The maximum absolute atomic E-state index is 6.10. The van der Waals surface area contributed by atoms with Crippen LogP contribution < -0.4 is 4.74 Å². The van der Waals surface area contributed by atoms with E-state index in [0.29, 0.717) is 6.73 Å². The van der Waals surface area contributed by atoms with Gasteiger partial charge in [0.05, 0.1) is 24.3 Å². The number of hydrogen-bond donors (Lipinski definition) is 0. The second kappa shape index (κ2) is 8.01. The molecule has 0 fully saturated rings. The van der Waals surface area contributed by atoms with Crippen LogP contribution in [-0.4, -0.2) is 31.3 Å². The topological polar surface area (TPSA) is 36.3 Å². The fourth-order valence-electron chi connectivity index (χ4n) is 3.67. The lowest BCUT2D eigenvalue weighted by Gasteiger charge is -2.16. The summed E-state index contributed by atoms with van der Waals surface area (Å²) in [5.74, 6) is 0.845. The molecule has 0 aliphatic heterocycles. The number of para-hydroxylation sites is 1. The summed E-state index contributed by atoms with van der Waals surface area (Å²) in [6.45, 7) is 8.47. The number of ether oxygens (including phenoxy) is 2. The van der Waals surface area contributed by atoms with Gasteiger partial charge in [-0.25, -0.2) is 0 Å². The van der Waals surface area contributed by atoms with Gasteiger partial charge in [0.1, 0.15) is 12.5 Å². The SMILES string of the molecule is COc1cccc(-c2cncc3c2c2ccccc2n3COCC[Si](C)(C)C)c1. The molecule has 2 aromatic carbocycles. The highest BCUT2D eigenvalue weighted by atomic mass is 28.3. The van der Waals surface area contributed by atoms with Crippen LogP contribution in [0.25, 0.3) is 32.9 Å². The summed E-state index contributed by atoms with van der Waals surface area (Å²) in [7, 11) is 0.589. The van der Waals surface area contributed by atoms with Crippen molar-refractivity contribution in [1.29, 1.82) is 0 Å². The van der Waals surface area contributed by atoms with Crippen molar-refractivity contribution in [3.8, 4) is 16.9 Å². The second-order valence-corrected chi connectivity index (χ2v) is 14.2. The van der Waals surface area contributed by atoms with Gasteiger partial charge in [-0.2, -0.15) is 0 Å². The summed E-state index contributed by atoms with van der Waals surface area (Å²) < 4.78 is 13.8. The zero-order valence-corrected chi connectivity index (χ0v) is 18.6. The van der Waals surface area contributed by atoms with Crippen molar-refractivity contribution in [3.63, 3.8) is 0 Å². The van der Waals surface area contributed by atoms with Crippen LogP contribution in [0.1, 0.15) is 0 Å². The van der Waals surface area contributed by atoms with E-state index in [1.807, 2.05) is 24.5 Å². The summed E-state index contributed by atoms with van der Waals surface area (Å²) in [6, 6.07) is 17.8. The first-order valence-electron chi connectivity index (χ1n) is 10.0. The van der Waals surface area contributed by atoms with E-state index in [0.717, 1.165) is 35.0 Å². The van der Waals surface area contributed by atoms with Crippen LogP contribution in [0.15, 0.2) is 60.9 Å². The molecule has 0 atom stereocenters. The Labute approximate surface area is 173 Å². The molecule has 29 heavy (non-hydrogen) atoms. The lowest BCUT2D eigenvalue weighted by molar-refractivity contribution is 0.0929. The molecular formula is C24H28N2O2Si. The van der Waals surface area contributed by atoms with Gasteiger partial charge in [-0.15, -0.1) is 0 Å². The number of benzene rings is 2. The van der Waals surface area contributed by atoms with E-state index in [1.165, 1.54) is 16.3 Å². The molecule has 4 rings (SSSR count). The third kappa shape index (κ3) is 4.07. The Morgan fingerprint density at radius 2 is 1.79 bits per heavy atom. The lowest BCUT2D eigenvalue weighted by atomic mass is 10.0. The molecule has 0 spiro atoms. The summed E-state index contributed by atoms with van der Waals surface area (Å²) in [5, 5.41) is 2.43. The van der Waals surface area contributed by atoms with Gasteiger partial charge in [0.2, 0.25) is 0 Å². The van der Waals surface area contributed by atoms with Crippen molar-refractivity contribution in [2.45, 2.75) is 32.4 Å². The van der Waals surface area contributed by atoms with Crippen LogP contribution in [0.3, 0.4) is 0 Å². The Morgan fingerprint density at radius 3 is 2.59 bits per heavy atom. The summed E-state index contributed by atoms with van der Waals surface area (Å²) in [4.78, 5) is 4.56. The molecule has 5 heteroatoms. The van der Waals surface area contributed by atoms with Crippen LogP contribution >= 0.6 is 0 Å². The van der Waals surface area contributed by atoms with Gasteiger partial charge in [0.25, 0.3) is 0 Å². The highest BCUT2D eigenvalue weighted by molar-refractivity contribution is 6.76. The van der Waals surface area contributed by atoms with Crippen molar-refractivity contribution >= 4 is 29.9 Å². The quantitative estimate of drug-likeness (QED) is 0.273. The van der Waals surface area contributed by atoms with Crippen molar-refractivity contribution < 1.29 is 9.47 Å². The van der Waals surface area contributed by atoms with E-state index < -0.39 is 8.07 Å². The molecule has 0 amide bonds. The predicted molar refractivity (Wildman–Crippen MR) is 123 cm³/mol. The Hall–Kier alpha value is -2.63. The van der Waals surface area contributed by atoms with Gasteiger partial charge in [-0.3, -0.25) is 4.98 Å². The van der Waals surface area contributed by atoms with Crippen LogP contribution in [0, 0.1) is 0 Å². The molecule has 0 saturated carbocycles. The summed E-state index contributed by atoms with van der Waals surface area (Å²) in [5.41, 5.74) is 4.48. The molecule has 4 aromatic rings. The minimum atomic E-state index is -1.11. The normalized spacial score (nSPS) is 12.0. The second-order valence-electron chi connectivity index (χ2n) is 8.61. The Bertz CT molecular complexity index is 1140. The van der Waals surface area contributed by atoms with E-state index in [1.54, 1.807) is 7.11 Å². The molecule has 0 aliphatic rings. The largest absolute Gasteiger partial charge is 0.497 e. The third-order valence-electron chi connectivity index (χ3n) is 5.28. The first-order chi connectivity index (χ1) is 14.0. The van der Waals surface area contributed by atoms with E-state index in [9.17, 15) is 0 Å². The standard InChI is InChI=1S/C24H28N2O2Si/c1-27-19-9-7-8-18(14-19)21-15-25-16-23-24(21)20-10-5-6-11-22(20)26(23)17-28-12-13-29(2,3)4/h5-11,14-16H,12-13,17H2,1-4H3. The lowest BCUT2D eigenvalue weighted by Crippen LogP contribution is -2.22. The Balaban J connectivity index is 1.80. The van der Waals surface area contributed by atoms with Gasteiger partial charge in [-0.05, 0) is 29.8 Å². The smallest absolute Gasteiger partial charge is 0.123 e. The van der Waals surface area contributed by atoms with E-state index >= 15 is 0 Å². The van der Waals surface area contributed by atoms with Crippen molar-refractivity contribution in [2.24, 2.45) is 0 Å².